The molecule has 4 heteroatoms. The van der Waals surface area contributed by atoms with Crippen molar-refractivity contribution < 1.29 is 0 Å². The third kappa shape index (κ3) is 3.44. The maximum atomic E-state index is 6.07. The Morgan fingerprint density at radius 3 is 3.07 bits per heavy atom. The zero-order valence-electron chi connectivity index (χ0n) is 9.00. The molecule has 15 heavy (non-hydrogen) atoms. The van der Waals surface area contributed by atoms with Gasteiger partial charge in [0.15, 0.2) is 0 Å². The van der Waals surface area contributed by atoms with E-state index in [1.807, 2.05) is 6.92 Å². The molecule has 1 saturated carbocycles. The van der Waals surface area contributed by atoms with Gasteiger partial charge in [-0.1, -0.05) is 0 Å². The lowest BCUT2D eigenvalue weighted by molar-refractivity contribution is 0.489. The minimum Gasteiger partial charge on any atom is -0.310 e. The monoisotopic (exact) mass is 244 g/mol. The topological polar surface area (TPSA) is 24.9 Å². The van der Waals surface area contributed by atoms with Gasteiger partial charge in [-0.15, -0.1) is 22.9 Å². The van der Waals surface area contributed by atoms with Gasteiger partial charge in [-0.3, -0.25) is 0 Å². The van der Waals surface area contributed by atoms with E-state index >= 15 is 0 Å². The molecule has 0 spiro atoms. The van der Waals surface area contributed by atoms with Crippen molar-refractivity contribution in [1.29, 1.82) is 0 Å². The predicted octanol–water partition coefficient (Wildman–Crippen LogP) is 2.95. The molecule has 2 atom stereocenters. The molecule has 2 unspecified atom stereocenters. The minimum atomic E-state index is 0.416. The molecule has 1 aromatic heterocycles. The SMILES string of the molecule is Cc1csc(CNCC2CCC(Cl)C2)n1. The Hall–Kier alpha value is -0.120. The molecule has 1 N–H and O–H groups in total. The number of nitrogens with zero attached hydrogens (tertiary/aromatic N) is 1. The van der Waals surface area contributed by atoms with Crippen LogP contribution in [0, 0.1) is 12.8 Å². The first kappa shape index (κ1) is 11.4. The summed E-state index contributed by atoms with van der Waals surface area (Å²) in [6.45, 7) is 4.03. The molecule has 1 heterocycles. The van der Waals surface area contributed by atoms with E-state index in [4.69, 9.17) is 11.6 Å². The number of thiazole rings is 1. The van der Waals surface area contributed by atoms with Gasteiger partial charge in [0.25, 0.3) is 0 Å². The standard InChI is InChI=1S/C11H17ClN2S/c1-8-7-15-11(14-8)6-13-5-9-2-3-10(12)4-9/h7,9-10,13H,2-6H2,1H3. The summed E-state index contributed by atoms with van der Waals surface area (Å²) < 4.78 is 0. The average molecular weight is 245 g/mol. The predicted molar refractivity (Wildman–Crippen MR) is 65.5 cm³/mol. The second-order valence-corrected chi connectivity index (χ2v) is 5.85. The summed E-state index contributed by atoms with van der Waals surface area (Å²) in [7, 11) is 0. The molecule has 0 aromatic carbocycles. The molecule has 0 bridgehead atoms. The van der Waals surface area contributed by atoms with Gasteiger partial charge in [0.05, 0.1) is 0 Å². The number of hydrogen-bond acceptors (Lipinski definition) is 3. The van der Waals surface area contributed by atoms with E-state index in [0.29, 0.717) is 5.38 Å². The Bertz CT molecular complexity index is 313. The van der Waals surface area contributed by atoms with Gasteiger partial charge in [0.2, 0.25) is 0 Å². The number of nitrogens with one attached hydrogen (secondary N) is 1. The quantitative estimate of drug-likeness (QED) is 0.824. The smallest absolute Gasteiger partial charge is 0.107 e. The number of aryl methyl sites for hydroxylation is 1. The molecule has 2 nitrogen and oxygen atoms in total. The number of rotatable bonds is 4. The fourth-order valence-electron chi connectivity index (χ4n) is 2.07. The van der Waals surface area contributed by atoms with E-state index in [0.717, 1.165) is 24.7 Å². The molecule has 1 aliphatic carbocycles. The van der Waals surface area contributed by atoms with E-state index < -0.39 is 0 Å². The summed E-state index contributed by atoms with van der Waals surface area (Å²) in [6, 6.07) is 0. The summed E-state index contributed by atoms with van der Waals surface area (Å²) in [5.74, 6) is 0.772. The lowest BCUT2D eigenvalue weighted by atomic mass is 10.1. The summed E-state index contributed by atoms with van der Waals surface area (Å²) in [6.07, 6.45) is 3.63. The molecule has 84 valence electrons. The van der Waals surface area contributed by atoms with Crippen LogP contribution in [0.2, 0.25) is 0 Å². The van der Waals surface area contributed by atoms with Gasteiger partial charge < -0.3 is 5.32 Å². The second-order valence-electron chi connectivity index (χ2n) is 4.29. The molecule has 0 radical (unpaired) electrons. The van der Waals surface area contributed by atoms with Gasteiger partial charge in [-0.05, 0) is 38.6 Å². The molecular weight excluding hydrogens is 228 g/mol. The van der Waals surface area contributed by atoms with Crippen molar-refractivity contribution in [3.63, 3.8) is 0 Å². The fraction of sp³-hybridized carbons (Fsp3) is 0.727. The minimum absolute atomic E-state index is 0.416. The van der Waals surface area contributed by atoms with Crippen molar-refractivity contribution in [2.75, 3.05) is 6.54 Å². The van der Waals surface area contributed by atoms with Gasteiger partial charge in [-0.2, -0.15) is 0 Å². The van der Waals surface area contributed by atoms with Crippen LogP contribution in [0.5, 0.6) is 0 Å². The molecule has 1 fully saturated rings. The first-order valence-corrected chi connectivity index (χ1v) is 6.81. The van der Waals surface area contributed by atoms with Crippen LogP contribution in [0.3, 0.4) is 0 Å². The van der Waals surface area contributed by atoms with E-state index in [-0.39, 0.29) is 0 Å². The zero-order valence-corrected chi connectivity index (χ0v) is 10.6. The van der Waals surface area contributed by atoms with Gasteiger partial charge >= 0.3 is 0 Å². The summed E-state index contributed by atoms with van der Waals surface area (Å²) in [5, 5.41) is 7.17. The Labute approximate surface area is 100 Å². The molecular formula is C11H17ClN2S. The van der Waals surface area contributed by atoms with Crippen LogP contribution in [-0.2, 0) is 6.54 Å². The van der Waals surface area contributed by atoms with Gasteiger partial charge in [-0.25, -0.2) is 4.98 Å². The van der Waals surface area contributed by atoms with Crippen molar-refractivity contribution in [3.05, 3.63) is 16.1 Å². The maximum absolute atomic E-state index is 6.07. The van der Waals surface area contributed by atoms with Gasteiger partial charge in [0, 0.05) is 23.0 Å². The van der Waals surface area contributed by atoms with Crippen LogP contribution >= 0.6 is 22.9 Å². The highest BCUT2D eigenvalue weighted by Crippen LogP contribution is 2.28. The second kappa shape index (κ2) is 5.28. The van der Waals surface area contributed by atoms with Crippen LogP contribution in [0.4, 0.5) is 0 Å². The molecule has 0 saturated heterocycles. The highest BCUT2D eigenvalue weighted by Gasteiger charge is 2.22. The Morgan fingerprint density at radius 2 is 2.47 bits per heavy atom. The Morgan fingerprint density at radius 1 is 1.60 bits per heavy atom. The summed E-state index contributed by atoms with van der Waals surface area (Å²) in [4.78, 5) is 4.42. The van der Waals surface area contributed by atoms with Crippen molar-refractivity contribution in [2.24, 2.45) is 5.92 Å². The highest BCUT2D eigenvalue weighted by molar-refractivity contribution is 7.09. The number of hydrogen-bond donors (Lipinski definition) is 1. The Balaban J connectivity index is 1.67. The lowest BCUT2D eigenvalue weighted by Crippen LogP contribution is -2.21. The summed E-state index contributed by atoms with van der Waals surface area (Å²) >= 11 is 7.80. The Kier molecular flexibility index (Phi) is 4.00. The number of aromatic nitrogens is 1. The average Bonchev–Trinajstić information content (AvgIpc) is 2.76. The number of halogens is 1. The van der Waals surface area contributed by atoms with Gasteiger partial charge in [0.1, 0.15) is 5.01 Å². The van der Waals surface area contributed by atoms with Crippen molar-refractivity contribution in [2.45, 2.75) is 38.1 Å². The van der Waals surface area contributed by atoms with Crippen LogP contribution in [0.15, 0.2) is 5.38 Å². The van der Waals surface area contributed by atoms with E-state index in [2.05, 4.69) is 15.7 Å². The van der Waals surface area contributed by atoms with Crippen LogP contribution in [-0.4, -0.2) is 16.9 Å². The summed E-state index contributed by atoms with van der Waals surface area (Å²) in [5.41, 5.74) is 1.12. The van der Waals surface area contributed by atoms with Crippen molar-refractivity contribution >= 4 is 22.9 Å². The van der Waals surface area contributed by atoms with Crippen molar-refractivity contribution in [3.8, 4) is 0 Å². The normalized spacial score (nSPS) is 26.0. The largest absolute Gasteiger partial charge is 0.310 e. The van der Waals surface area contributed by atoms with E-state index in [1.54, 1.807) is 11.3 Å². The zero-order chi connectivity index (χ0) is 10.7. The third-order valence-electron chi connectivity index (χ3n) is 2.85. The molecule has 1 aliphatic rings. The molecule has 0 amide bonds. The maximum Gasteiger partial charge on any atom is 0.107 e. The van der Waals surface area contributed by atoms with Crippen LogP contribution < -0.4 is 5.32 Å². The molecule has 1 aromatic rings. The third-order valence-corrected chi connectivity index (χ3v) is 4.22. The van der Waals surface area contributed by atoms with Crippen LogP contribution in [0.25, 0.3) is 0 Å². The molecule has 2 rings (SSSR count). The fourth-order valence-corrected chi connectivity index (χ4v) is 3.19. The van der Waals surface area contributed by atoms with Crippen molar-refractivity contribution in [1.82, 2.24) is 10.3 Å². The highest BCUT2D eigenvalue weighted by atomic mass is 35.5. The van der Waals surface area contributed by atoms with E-state index in [9.17, 15) is 0 Å². The lowest BCUT2D eigenvalue weighted by Gasteiger charge is -2.09. The van der Waals surface area contributed by atoms with E-state index in [1.165, 1.54) is 24.3 Å². The molecule has 0 aliphatic heterocycles. The first-order valence-electron chi connectivity index (χ1n) is 5.50. The van der Waals surface area contributed by atoms with Crippen LogP contribution in [0.1, 0.15) is 30.0 Å². The first-order chi connectivity index (χ1) is 7.24. The number of alkyl halides is 1.